The summed E-state index contributed by atoms with van der Waals surface area (Å²) < 4.78 is 33.8. The van der Waals surface area contributed by atoms with E-state index in [1.165, 1.54) is 19.6 Å². The molecule has 8 heteroatoms. The number of carbonyl (C=O) groups is 1. The monoisotopic (exact) mass is 485 g/mol. The summed E-state index contributed by atoms with van der Waals surface area (Å²) in [6.45, 7) is 5.90. The summed E-state index contributed by atoms with van der Waals surface area (Å²) in [6.07, 6.45) is 3.20. The molecule has 1 aromatic heterocycles. The van der Waals surface area contributed by atoms with Crippen molar-refractivity contribution in [2.75, 3.05) is 54.7 Å². The zero-order valence-corrected chi connectivity index (χ0v) is 21.4. The maximum atomic E-state index is 12.6. The lowest BCUT2D eigenvalue weighted by Gasteiger charge is -2.20. The van der Waals surface area contributed by atoms with Crippen LogP contribution < -0.4 is 23.7 Å². The molecule has 0 N–H and O–H groups in total. The van der Waals surface area contributed by atoms with E-state index < -0.39 is 0 Å². The first-order valence-corrected chi connectivity index (χ1v) is 11.7. The lowest BCUT2D eigenvalue weighted by molar-refractivity contribution is 0.100. The van der Waals surface area contributed by atoms with E-state index in [0.717, 1.165) is 37.4 Å². The van der Waals surface area contributed by atoms with Crippen molar-refractivity contribution < 1.29 is 32.9 Å². The van der Waals surface area contributed by atoms with Crippen LogP contribution in [0.2, 0.25) is 0 Å². The van der Waals surface area contributed by atoms with Crippen molar-refractivity contribution >= 4 is 16.8 Å². The largest absolute Gasteiger partial charge is 0.493 e. The second-order valence-corrected chi connectivity index (χ2v) is 8.16. The number of fused-ring (bicyclic) bond motifs is 1. The van der Waals surface area contributed by atoms with Gasteiger partial charge in [0.25, 0.3) is 0 Å². The topological polar surface area (TPSA) is 79.6 Å². The number of ketones is 1. The fourth-order valence-electron chi connectivity index (χ4n) is 4.03. The molecule has 0 aliphatic carbocycles. The maximum Gasteiger partial charge on any atom is 0.205 e. The average Bonchev–Trinajstić information content (AvgIpc) is 3.34. The fraction of sp³-hybridized carbons (Fsp3) is 0.444. The molecule has 0 saturated heterocycles. The number of benzene rings is 2. The van der Waals surface area contributed by atoms with Crippen molar-refractivity contribution in [3.05, 3.63) is 41.7 Å². The van der Waals surface area contributed by atoms with Crippen molar-refractivity contribution in [1.29, 1.82) is 0 Å². The van der Waals surface area contributed by atoms with Crippen LogP contribution in [0, 0.1) is 0 Å². The fourth-order valence-corrected chi connectivity index (χ4v) is 4.03. The molecule has 0 unspecified atom stereocenters. The number of Topliss-reactive ketones (excluding diaryl/α,β-unsaturated/α-hetero) is 1. The van der Waals surface area contributed by atoms with Gasteiger partial charge in [0.1, 0.15) is 11.3 Å². The van der Waals surface area contributed by atoms with Crippen LogP contribution in [0.1, 0.15) is 36.2 Å². The van der Waals surface area contributed by atoms with Gasteiger partial charge in [-0.15, -0.1) is 0 Å². The minimum absolute atomic E-state index is 0.156. The Morgan fingerprint density at radius 3 is 2.37 bits per heavy atom. The first-order chi connectivity index (χ1) is 16.9. The number of likely N-dealkylation sites (N-methyl/N-ethyl adjacent to an activating group) is 1. The Bertz CT molecular complexity index is 1140. The van der Waals surface area contributed by atoms with Crippen LogP contribution in [0.5, 0.6) is 28.7 Å². The van der Waals surface area contributed by atoms with Gasteiger partial charge in [-0.05, 0) is 57.5 Å². The van der Waals surface area contributed by atoms with E-state index in [2.05, 4.69) is 18.0 Å². The SMILES string of the molecule is CCOc1c(C(C)=O)c(OCCCN(C)CCc2ccc(OC)c(OC)c2)c(OC)c2occc12. The Hall–Kier alpha value is -3.39. The first kappa shape index (κ1) is 26.2. The molecule has 0 spiro atoms. The molecular formula is C27H35NO7. The van der Waals surface area contributed by atoms with Gasteiger partial charge in [-0.2, -0.15) is 0 Å². The number of hydrogen-bond acceptors (Lipinski definition) is 8. The summed E-state index contributed by atoms with van der Waals surface area (Å²) >= 11 is 0. The molecule has 0 aliphatic heterocycles. The number of methoxy groups -OCH3 is 3. The molecule has 3 rings (SSSR count). The Morgan fingerprint density at radius 1 is 0.943 bits per heavy atom. The first-order valence-electron chi connectivity index (χ1n) is 11.7. The molecule has 0 bridgehead atoms. The highest BCUT2D eigenvalue weighted by molar-refractivity contribution is 6.08. The molecule has 0 saturated carbocycles. The van der Waals surface area contributed by atoms with Crippen molar-refractivity contribution in [3.8, 4) is 28.7 Å². The molecular weight excluding hydrogens is 450 g/mol. The Balaban J connectivity index is 1.64. The molecule has 3 aromatic rings. The number of rotatable bonds is 14. The molecule has 0 radical (unpaired) electrons. The predicted octanol–water partition coefficient (Wildman–Crippen LogP) is 5.00. The van der Waals surface area contributed by atoms with Crippen LogP contribution in [0.15, 0.2) is 34.9 Å². The molecule has 0 aliphatic rings. The summed E-state index contributed by atoms with van der Waals surface area (Å²) in [5.41, 5.74) is 2.05. The summed E-state index contributed by atoms with van der Waals surface area (Å²) in [6, 6.07) is 7.75. The van der Waals surface area contributed by atoms with Crippen molar-refractivity contribution in [3.63, 3.8) is 0 Å². The third-order valence-electron chi connectivity index (χ3n) is 5.78. The minimum Gasteiger partial charge on any atom is -0.493 e. The Kier molecular flexibility index (Phi) is 9.25. The Labute approximate surface area is 206 Å². The van der Waals surface area contributed by atoms with Crippen LogP contribution in [0.4, 0.5) is 0 Å². The average molecular weight is 486 g/mol. The van der Waals surface area contributed by atoms with E-state index in [1.807, 2.05) is 19.1 Å². The van der Waals surface area contributed by atoms with Gasteiger partial charge >= 0.3 is 0 Å². The molecule has 0 fully saturated rings. The van der Waals surface area contributed by atoms with Gasteiger partial charge in [0.2, 0.25) is 5.75 Å². The lowest BCUT2D eigenvalue weighted by atomic mass is 10.0. The molecule has 35 heavy (non-hydrogen) atoms. The van der Waals surface area contributed by atoms with E-state index in [-0.39, 0.29) is 5.78 Å². The number of nitrogens with zero attached hydrogens (tertiary/aromatic N) is 1. The number of ether oxygens (including phenoxy) is 5. The van der Waals surface area contributed by atoms with Crippen LogP contribution in [-0.4, -0.2) is 65.4 Å². The van der Waals surface area contributed by atoms with Crippen molar-refractivity contribution in [2.24, 2.45) is 0 Å². The predicted molar refractivity (Wildman–Crippen MR) is 135 cm³/mol. The van der Waals surface area contributed by atoms with Crippen molar-refractivity contribution in [1.82, 2.24) is 4.90 Å². The zero-order valence-electron chi connectivity index (χ0n) is 21.4. The summed E-state index contributed by atoms with van der Waals surface area (Å²) in [5.74, 6) is 2.53. The third kappa shape index (κ3) is 6.00. The molecule has 8 nitrogen and oxygen atoms in total. The standard InChI is InChI=1S/C27H35NO7/c1-7-33-24-20-12-16-35-25(20)27(32-6)26(23(24)18(2)29)34-15-8-13-28(3)14-11-19-9-10-21(30-4)22(17-19)31-5/h9-10,12,16-17H,7-8,11,13-15H2,1-6H3. The van der Waals surface area contributed by atoms with E-state index in [9.17, 15) is 4.79 Å². The van der Waals surface area contributed by atoms with E-state index >= 15 is 0 Å². The normalized spacial score (nSPS) is 11.1. The van der Waals surface area contributed by atoms with Crippen LogP contribution in [-0.2, 0) is 6.42 Å². The second-order valence-electron chi connectivity index (χ2n) is 8.16. The number of carbonyl (C=O) groups excluding carboxylic acids is 1. The molecule has 2 aromatic carbocycles. The molecule has 0 amide bonds. The number of hydrogen-bond donors (Lipinski definition) is 0. The quantitative estimate of drug-likeness (QED) is 0.233. The molecule has 0 atom stereocenters. The van der Waals surface area contributed by atoms with Gasteiger partial charge in [-0.1, -0.05) is 6.07 Å². The summed E-state index contributed by atoms with van der Waals surface area (Å²) in [4.78, 5) is 14.8. The highest BCUT2D eigenvalue weighted by Gasteiger charge is 2.27. The van der Waals surface area contributed by atoms with Gasteiger partial charge in [0, 0.05) is 13.1 Å². The van der Waals surface area contributed by atoms with Crippen LogP contribution in [0.3, 0.4) is 0 Å². The maximum absolute atomic E-state index is 12.6. The molecule has 190 valence electrons. The van der Waals surface area contributed by atoms with E-state index in [0.29, 0.717) is 47.0 Å². The number of furan rings is 1. The summed E-state index contributed by atoms with van der Waals surface area (Å²) in [7, 11) is 6.88. The summed E-state index contributed by atoms with van der Waals surface area (Å²) in [5, 5.41) is 0.691. The van der Waals surface area contributed by atoms with E-state index in [4.69, 9.17) is 28.1 Å². The smallest absolute Gasteiger partial charge is 0.205 e. The Morgan fingerprint density at radius 2 is 1.71 bits per heavy atom. The van der Waals surface area contributed by atoms with Gasteiger partial charge in [0.05, 0.1) is 46.2 Å². The van der Waals surface area contributed by atoms with Crippen LogP contribution >= 0.6 is 0 Å². The van der Waals surface area contributed by atoms with Gasteiger partial charge in [-0.3, -0.25) is 4.79 Å². The minimum atomic E-state index is -0.156. The lowest BCUT2D eigenvalue weighted by Crippen LogP contribution is -2.24. The van der Waals surface area contributed by atoms with E-state index in [1.54, 1.807) is 26.5 Å². The van der Waals surface area contributed by atoms with Gasteiger partial charge < -0.3 is 33.0 Å². The highest BCUT2D eigenvalue weighted by atomic mass is 16.5. The third-order valence-corrected chi connectivity index (χ3v) is 5.78. The zero-order chi connectivity index (χ0) is 25.4. The van der Waals surface area contributed by atoms with Crippen molar-refractivity contribution in [2.45, 2.75) is 26.7 Å². The molecule has 1 heterocycles. The van der Waals surface area contributed by atoms with Crippen LogP contribution in [0.25, 0.3) is 11.0 Å². The second kappa shape index (κ2) is 12.4. The van der Waals surface area contributed by atoms with Gasteiger partial charge in [-0.25, -0.2) is 0 Å². The van der Waals surface area contributed by atoms with Gasteiger partial charge in [0.15, 0.2) is 28.6 Å². The highest BCUT2D eigenvalue weighted by Crippen LogP contribution is 2.46.